The quantitative estimate of drug-likeness (QED) is 0.0713. The normalized spacial score (nSPS) is 12.4. The number of hydrogen-bond donors (Lipinski definition) is 2. The van der Waals surface area contributed by atoms with E-state index in [1.165, 1.54) is 0 Å². The molecular weight excluding hydrogens is 712 g/mol. The number of aliphatic hydroxyl groups is 2. The van der Waals surface area contributed by atoms with Crippen molar-refractivity contribution in [2.24, 2.45) is 0 Å². The van der Waals surface area contributed by atoms with Crippen molar-refractivity contribution in [1.82, 2.24) is 0 Å². The fourth-order valence-electron chi connectivity index (χ4n) is 7.14. The van der Waals surface area contributed by atoms with Crippen LogP contribution >= 0.6 is 0 Å². The summed E-state index contributed by atoms with van der Waals surface area (Å²) >= 11 is 0. The fraction of sp³-hybridized carbons (Fsp3) is 0.478. The zero-order valence-corrected chi connectivity index (χ0v) is 33.7. The summed E-state index contributed by atoms with van der Waals surface area (Å²) in [6.07, 6.45) is 1.94. The fourth-order valence-corrected chi connectivity index (χ4v) is 7.14. The first-order valence-electron chi connectivity index (χ1n) is 20.1. The number of benzene rings is 4. The van der Waals surface area contributed by atoms with Crippen LogP contribution in [0.3, 0.4) is 0 Å². The number of fused-ring (bicyclic) bond motifs is 8. The van der Waals surface area contributed by atoms with E-state index >= 15 is 0 Å². The van der Waals surface area contributed by atoms with Crippen molar-refractivity contribution < 1.29 is 48.1 Å². The van der Waals surface area contributed by atoms with E-state index in [0.717, 1.165) is 78.6 Å². The summed E-state index contributed by atoms with van der Waals surface area (Å²) in [7, 11) is 0. The standard InChI is InChI=1S/C46H60O10/c1-5-49-15-19-53-43-35-11-9-13-37(43)28-39-23-33(31-47)25-41(45(39)55-21-17-51-7-3)30-42-26-34(32-48)24-40(46(42)56-22-18-52-8-4)29-38-14-10-12-36(27-35)44(38)54-20-16-50-6-2/h9-14,23-26,47-48H,5-8,15-22,27-32H2,1-4H3. The Kier molecular flexibility index (Phi) is 17.8. The Balaban J connectivity index is 1.75. The van der Waals surface area contributed by atoms with Gasteiger partial charge in [-0.3, -0.25) is 0 Å². The highest BCUT2D eigenvalue weighted by atomic mass is 16.5. The molecule has 8 bridgehead atoms. The second-order valence-electron chi connectivity index (χ2n) is 13.5. The average Bonchev–Trinajstić information content (AvgIpc) is 3.20. The Morgan fingerprint density at radius 3 is 0.893 bits per heavy atom. The van der Waals surface area contributed by atoms with Crippen molar-refractivity contribution in [3.05, 3.63) is 116 Å². The lowest BCUT2D eigenvalue weighted by molar-refractivity contribution is 0.108. The molecule has 1 aliphatic rings. The van der Waals surface area contributed by atoms with Gasteiger partial charge in [-0.25, -0.2) is 0 Å². The SMILES string of the molecule is CCOCCOc1c2cccc1Cc1cc(CO)cc(c1OCCOCC)Cc1cc(CO)cc(c1OCCOCC)Cc1cccc(c1OCCOCC)C2. The van der Waals surface area contributed by atoms with E-state index in [4.69, 9.17) is 37.9 Å². The average molecular weight is 773 g/mol. The minimum absolute atomic E-state index is 0.142. The maximum atomic E-state index is 10.6. The van der Waals surface area contributed by atoms with Gasteiger partial charge in [0, 0.05) is 52.1 Å². The van der Waals surface area contributed by atoms with E-state index in [2.05, 4.69) is 36.4 Å². The van der Waals surface area contributed by atoms with Gasteiger partial charge >= 0.3 is 0 Å². The second kappa shape index (κ2) is 23.2. The zero-order chi connectivity index (χ0) is 39.5. The van der Waals surface area contributed by atoms with Crippen molar-refractivity contribution in [1.29, 1.82) is 0 Å². The van der Waals surface area contributed by atoms with Gasteiger partial charge in [-0.2, -0.15) is 0 Å². The summed E-state index contributed by atoms with van der Waals surface area (Å²) < 4.78 is 49.2. The highest BCUT2D eigenvalue weighted by Crippen LogP contribution is 2.40. The molecule has 10 nitrogen and oxygen atoms in total. The summed E-state index contributed by atoms with van der Waals surface area (Å²) in [6, 6.07) is 20.6. The number of ether oxygens (including phenoxy) is 8. The molecule has 304 valence electrons. The highest BCUT2D eigenvalue weighted by molar-refractivity contribution is 5.57. The molecule has 0 heterocycles. The van der Waals surface area contributed by atoms with E-state index in [1.54, 1.807) is 0 Å². The van der Waals surface area contributed by atoms with Crippen molar-refractivity contribution in [3.8, 4) is 23.0 Å². The molecule has 0 saturated heterocycles. The number of rotatable bonds is 22. The molecule has 56 heavy (non-hydrogen) atoms. The predicted octanol–water partition coefficient (Wildman–Crippen LogP) is 7.01. The molecule has 10 heteroatoms. The summed E-state index contributed by atoms with van der Waals surface area (Å²) in [5.74, 6) is 3.05. The largest absolute Gasteiger partial charge is 0.491 e. The lowest BCUT2D eigenvalue weighted by Crippen LogP contribution is -2.14. The van der Waals surface area contributed by atoms with Crippen LogP contribution in [0.1, 0.15) is 83.3 Å². The van der Waals surface area contributed by atoms with Crippen molar-refractivity contribution in [3.63, 3.8) is 0 Å². The van der Waals surface area contributed by atoms with Gasteiger partial charge in [0.05, 0.1) is 39.6 Å². The third-order valence-electron chi connectivity index (χ3n) is 9.56. The first-order chi connectivity index (χ1) is 27.5. The van der Waals surface area contributed by atoms with Gasteiger partial charge in [0.15, 0.2) is 0 Å². The van der Waals surface area contributed by atoms with E-state index in [0.29, 0.717) is 105 Å². The minimum atomic E-state index is -0.142. The third-order valence-corrected chi connectivity index (χ3v) is 9.56. The molecule has 4 aromatic carbocycles. The lowest BCUT2D eigenvalue weighted by atomic mass is 9.89. The van der Waals surface area contributed by atoms with Gasteiger partial charge in [0.1, 0.15) is 49.4 Å². The van der Waals surface area contributed by atoms with Crippen LogP contribution in [0.5, 0.6) is 23.0 Å². The molecule has 1 aliphatic carbocycles. The van der Waals surface area contributed by atoms with Crippen molar-refractivity contribution in [2.45, 2.75) is 66.6 Å². The molecule has 0 saturated carbocycles. The Morgan fingerprint density at radius 2 is 0.625 bits per heavy atom. The molecule has 0 aromatic heterocycles. The Labute approximate surface area is 332 Å². The van der Waals surface area contributed by atoms with Gasteiger partial charge in [0.25, 0.3) is 0 Å². The summed E-state index contributed by atoms with van der Waals surface area (Å²) in [4.78, 5) is 0. The molecule has 0 fully saturated rings. The van der Waals surface area contributed by atoms with Crippen molar-refractivity contribution >= 4 is 0 Å². The van der Waals surface area contributed by atoms with E-state index in [1.807, 2.05) is 52.0 Å². The maximum absolute atomic E-state index is 10.6. The van der Waals surface area contributed by atoms with Gasteiger partial charge in [0.2, 0.25) is 0 Å². The van der Waals surface area contributed by atoms with Gasteiger partial charge in [-0.15, -0.1) is 0 Å². The molecular formula is C46H60O10. The highest BCUT2D eigenvalue weighted by Gasteiger charge is 2.23. The summed E-state index contributed by atoms with van der Waals surface area (Å²) in [5, 5.41) is 21.2. The van der Waals surface area contributed by atoms with Crippen LogP contribution in [0.2, 0.25) is 0 Å². The Bertz CT molecular complexity index is 1680. The summed E-state index contributed by atoms with van der Waals surface area (Å²) in [6.45, 7) is 13.3. The first kappa shape index (κ1) is 43.0. The van der Waals surface area contributed by atoms with Gasteiger partial charge < -0.3 is 48.1 Å². The monoisotopic (exact) mass is 772 g/mol. The van der Waals surface area contributed by atoms with Crippen LogP contribution < -0.4 is 18.9 Å². The van der Waals surface area contributed by atoms with Crippen LogP contribution in [-0.2, 0) is 57.8 Å². The molecule has 0 atom stereocenters. The summed E-state index contributed by atoms with van der Waals surface area (Å²) in [5.41, 5.74) is 9.16. The van der Waals surface area contributed by atoms with E-state index in [-0.39, 0.29) is 13.2 Å². The molecule has 0 radical (unpaired) electrons. The molecule has 5 rings (SSSR count). The van der Waals surface area contributed by atoms with E-state index in [9.17, 15) is 10.2 Å². The lowest BCUT2D eigenvalue weighted by Gasteiger charge is -2.24. The molecule has 0 unspecified atom stereocenters. The van der Waals surface area contributed by atoms with E-state index < -0.39 is 0 Å². The van der Waals surface area contributed by atoms with Gasteiger partial charge in [-0.05, 0) is 108 Å². The number of para-hydroxylation sites is 2. The number of aliphatic hydroxyl groups excluding tert-OH is 2. The van der Waals surface area contributed by atoms with Crippen molar-refractivity contribution in [2.75, 3.05) is 79.3 Å². The van der Waals surface area contributed by atoms with Crippen LogP contribution in [-0.4, -0.2) is 89.5 Å². The van der Waals surface area contributed by atoms with Crippen LogP contribution in [0, 0.1) is 0 Å². The molecule has 2 N–H and O–H groups in total. The topological polar surface area (TPSA) is 114 Å². The minimum Gasteiger partial charge on any atom is -0.491 e. The van der Waals surface area contributed by atoms with Crippen LogP contribution in [0.4, 0.5) is 0 Å². The third kappa shape index (κ3) is 11.9. The molecule has 0 aliphatic heterocycles. The van der Waals surface area contributed by atoms with Gasteiger partial charge in [-0.1, -0.05) is 36.4 Å². The smallest absolute Gasteiger partial charge is 0.126 e. The molecule has 0 amide bonds. The maximum Gasteiger partial charge on any atom is 0.126 e. The zero-order valence-electron chi connectivity index (χ0n) is 33.7. The molecule has 4 aromatic rings. The number of hydrogen-bond acceptors (Lipinski definition) is 10. The first-order valence-corrected chi connectivity index (χ1v) is 20.1. The van der Waals surface area contributed by atoms with Crippen LogP contribution in [0.25, 0.3) is 0 Å². The predicted molar refractivity (Wildman–Crippen MR) is 217 cm³/mol. The Hall–Kier alpha value is -4.16. The van der Waals surface area contributed by atoms with Crippen LogP contribution in [0.15, 0.2) is 60.7 Å². The second-order valence-corrected chi connectivity index (χ2v) is 13.5. The Morgan fingerprint density at radius 1 is 0.375 bits per heavy atom. The molecule has 0 spiro atoms.